The van der Waals surface area contributed by atoms with Crippen molar-refractivity contribution >= 4 is 23.2 Å². The topological polar surface area (TPSA) is 89.8 Å². The van der Waals surface area contributed by atoms with Gasteiger partial charge in [0.05, 0.1) is 16.2 Å². The number of imide groups is 1. The summed E-state index contributed by atoms with van der Waals surface area (Å²) in [5.41, 5.74) is 0.897. The van der Waals surface area contributed by atoms with Crippen LogP contribution in [0.4, 0.5) is 11.4 Å². The van der Waals surface area contributed by atoms with Gasteiger partial charge in [0.2, 0.25) is 0 Å². The van der Waals surface area contributed by atoms with E-state index >= 15 is 0 Å². The van der Waals surface area contributed by atoms with Crippen molar-refractivity contribution in [1.82, 2.24) is 0 Å². The zero-order valence-corrected chi connectivity index (χ0v) is 14.8. The lowest BCUT2D eigenvalue weighted by Crippen LogP contribution is -2.29. The molecule has 0 atom stereocenters. The lowest BCUT2D eigenvalue weighted by Gasteiger charge is -2.14. The van der Waals surface area contributed by atoms with Crippen LogP contribution in [0.2, 0.25) is 0 Å². The fourth-order valence-corrected chi connectivity index (χ4v) is 3.06. The lowest BCUT2D eigenvalue weighted by atomic mass is 10.1. The molecule has 0 spiro atoms. The summed E-state index contributed by atoms with van der Waals surface area (Å²) in [5, 5.41) is 11.2. The summed E-state index contributed by atoms with van der Waals surface area (Å²) in [6, 6.07) is 18.0. The monoisotopic (exact) mass is 374 g/mol. The molecule has 3 aromatic carbocycles. The van der Waals surface area contributed by atoms with Crippen LogP contribution in [0.25, 0.3) is 0 Å². The Balaban J connectivity index is 1.62. The Labute approximate surface area is 159 Å². The number of anilines is 1. The van der Waals surface area contributed by atoms with E-state index in [-0.39, 0.29) is 16.8 Å². The Hall–Kier alpha value is -4.00. The molecule has 0 N–H and O–H groups in total. The van der Waals surface area contributed by atoms with Gasteiger partial charge in [-0.1, -0.05) is 23.8 Å². The first-order valence-corrected chi connectivity index (χ1v) is 8.46. The minimum atomic E-state index is -0.709. The van der Waals surface area contributed by atoms with Crippen LogP contribution in [0.5, 0.6) is 11.5 Å². The molecule has 0 unspecified atom stereocenters. The molecule has 1 aliphatic rings. The van der Waals surface area contributed by atoms with Gasteiger partial charge < -0.3 is 4.74 Å². The molecule has 138 valence electrons. The standard InChI is InChI=1S/C21H14N2O5/c1-13-5-9-15(10-6-13)28-16-11-7-14(8-12-16)22-20(24)17-3-2-4-18(23(26)27)19(17)21(22)25/h2-12H,1H3. The number of amides is 2. The van der Waals surface area contributed by atoms with Gasteiger partial charge in [-0.25, -0.2) is 4.90 Å². The van der Waals surface area contributed by atoms with E-state index in [0.29, 0.717) is 17.2 Å². The third-order valence-corrected chi connectivity index (χ3v) is 4.44. The van der Waals surface area contributed by atoms with E-state index in [1.165, 1.54) is 18.2 Å². The zero-order chi connectivity index (χ0) is 19.8. The Morgan fingerprint density at radius 2 is 1.46 bits per heavy atom. The van der Waals surface area contributed by atoms with Crippen molar-refractivity contribution in [3.63, 3.8) is 0 Å². The lowest BCUT2D eigenvalue weighted by molar-refractivity contribution is -0.385. The predicted octanol–water partition coefficient (Wildman–Crippen LogP) is 4.50. The maximum Gasteiger partial charge on any atom is 0.283 e. The first kappa shape index (κ1) is 17.4. The number of hydrogen-bond donors (Lipinski definition) is 0. The van der Waals surface area contributed by atoms with Crippen molar-refractivity contribution < 1.29 is 19.2 Å². The maximum atomic E-state index is 12.7. The maximum absolute atomic E-state index is 12.7. The minimum Gasteiger partial charge on any atom is -0.457 e. The van der Waals surface area contributed by atoms with Crippen molar-refractivity contribution in [2.45, 2.75) is 6.92 Å². The number of aryl methyl sites for hydroxylation is 1. The molecule has 4 rings (SSSR count). The van der Waals surface area contributed by atoms with Crippen molar-refractivity contribution in [2.24, 2.45) is 0 Å². The van der Waals surface area contributed by atoms with Gasteiger partial charge in [0.1, 0.15) is 17.1 Å². The molecule has 0 bridgehead atoms. The van der Waals surface area contributed by atoms with Crippen LogP contribution >= 0.6 is 0 Å². The normalized spacial score (nSPS) is 12.8. The average Bonchev–Trinajstić information content (AvgIpc) is 2.95. The molecule has 3 aromatic rings. The smallest absolute Gasteiger partial charge is 0.283 e. The summed E-state index contributed by atoms with van der Waals surface area (Å²) in [4.78, 5) is 36.8. The average molecular weight is 374 g/mol. The zero-order valence-electron chi connectivity index (χ0n) is 14.8. The summed E-state index contributed by atoms with van der Waals surface area (Å²) in [5.74, 6) is -0.0969. The fraction of sp³-hybridized carbons (Fsp3) is 0.0476. The molecule has 7 heteroatoms. The third-order valence-electron chi connectivity index (χ3n) is 4.44. The highest BCUT2D eigenvalue weighted by Crippen LogP contribution is 2.34. The second-order valence-corrected chi connectivity index (χ2v) is 6.31. The van der Waals surface area contributed by atoms with Crippen LogP contribution < -0.4 is 9.64 Å². The van der Waals surface area contributed by atoms with E-state index in [1.807, 2.05) is 31.2 Å². The van der Waals surface area contributed by atoms with E-state index in [4.69, 9.17) is 4.74 Å². The number of rotatable bonds is 4. The molecule has 0 saturated carbocycles. The van der Waals surface area contributed by atoms with Crippen LogP contribution in [0.3, 0.4) is 0 Å². The largest absolute Gasteiger partial charge is 0.457 e. The Morgan fingerprint density at radius 3 is 2.07 bits per heavy atom. The van der Waals surface area contributed by atoms with Gasteiger partial charge in [0, 0.05) is 6.07 Å². The second kappa shape index (κ2) is 6.62. The van der Waals surface area contributed by atoms with Gasteiger partial charge in [-0.05, 0) is 49.4 Å². The van der Waals surface area contributed by atoms with Crippen molar-refractivity contribution in [2.75, 3.05) is 4.90 Å². The molecule has 0 radical (unpaired) electrons. The van der Waals surface area contributed by atoms with Crippen molar-refractivity contribution in [3.8, 4) is 11.5 Å². The number of nitro groups is 1. The van der Waals surface area contributed by atoms with E-state index in [0.717, 1.165) is 10.5 Å². The molecule has 7 nitrogen and oxygen atoms in total. The van der Waals surface area contributed by atoms with Gasteiger partial charge in [-0.15, -0.1) is 0 Å². The number of carbonyl (C=O) groups is 2. The molecule has 1 heterocycles. The minimum absolute atomic E-state index is 0.0270. The summed E-state index contributed by atoms with van der Waals surface area (Å²) in [6.45, 7) is 1.98. The van der Waals surface area contributed by atoms with Gasteiger partial charge in [0.25, 0.3) is 17.5 Å². The van der Waals surface area contributed by atoms with Crippen LogP contribution in [0.15, 0.2) is 66.7 Å². The number of benzene rings is 3. The van der Waals surface area contributed by atoms with Crippen LogP contribution in [-0.4, -0.2) is 16.7 Å². The highest BCUT2D eigenvalue weighted by molar-refractivity contribution is 6.35. The summed E-state index contributed by atoms with van der Waals surface area (Å²) >= 11 is 0. The van der Waals surface area contributed by atoms with Crippen LogP contribution in [-0.2, 0) is 0 Å². The van der Waals surface area contributed by atoms with E-state index in [9.17, 15) is 19.7 Å². The fourth-order valence-electron chi connectivity index (χ4n) is 3.06. The van der Waals surface area contributed by atoms with Crippen LogP contribution in [0.1, 0.15) is 26.3 Å². The number of nitro benzene ring substituents is 1. The second-order valence-electron chi connectivity index (χ2n) is 6.31. The summed E-state index contributed by atoms with van der Waals surface area (Å²) < 4.78 is 5.74. The first-order valence-electron chi connectivity index (χ1n) is 8.46. The van der Waals surface area contributed by atoms with Crippen molar-refractivity contribution in [3.05, 3.63) is 93.5 Å². The molecular weight excluding hydrogens is 360 g/mol. The van der Waals surface area contributed by atoms with Gasteiger partial charge in [-0.3, -0.25) is 19.7 Å². The third kappa shape index (κ3) is 2.88. The van der Waals surface area contributed by atoms with E-state index < -0.39 is 16.7 Å². The molecule has 2 amide bonds. The molecule has 28 heavy (non-hydrogen) atoms. The highest BCUT2D eigenvalue weighted by Gasteiger charge is 2.41. The molecule has 0 aromatic heterocycles. The predicted molar refractivity (Wildman–Crippen MR) is 102 cm³/mol. The van der Waals surface area contributed by atoms with Gasteiger partial charge in [-0.2, -0.15) is 0 Å². The van der Waals surface area contributed by atoms with E-state index in [1.54, 1.807) is 24.3 Å². The molecule has 0 aliphatic carbocycles. The summed E-state index contributed by atoms with van der Waals surface area (Å²) in [6.07, 6.45) is 0. The number of carbonyl (C=O) groups excluding carboxylic acids is 2. The Kier molecular flexibility index (Phi) is 4.12. The van der Waals surface area contributed by atoms with E-state index in [2.05, 4.69) is 0 Å². The number of nitrogens with zero attached hydrogens (tertiary/aromatic N) is 2. The number of fused-ring (bicyclic) bond motifs is 1. The molecule has 0 saturated heterocycles. The number of hydrogen-bond acceptors (Lipinski definition) is 5. The SMILES string of the molecule is Cc1ccc(Oc2ccc(N3C(=O)c4cccc([N+](=O)[O-])c4C3=O)cc2)cc1. The van der Waals surface area contributed by atoms with Crippen molar-refractivity contribution in [1.29, 1.82) is 0 Å². The Morgan fingerprint density at radius 1 is 0.857 bits per heavy atom. The highest BCUT2D eigenvalue weighted by atomic mass is 16.6. The van der Waals surface area contributed by atoms with Gasteiger partial charge >= 0.3 is 0 Å². The van der Waals surface area contributed by atoms with Crippen LogP contribution in [0, 0.1) is 17.0 Å². The number of ether oxygens (including phenoxy) is 1. The Bertz CT molecular complexity index is 1100. The molecule has 0 fully saturated rings. The summed E-state index contributed by atoms with van der Waals surface area (Å²) in [7, 11) is 0. The first-order chi connectivity index (χ1) is 13.5. The molecular formula is C21H14N2O5. The molecule has 1 aliphatic heterocycles. The quantitative estimate of drug-likeness (QED) is 0.381. The van der Waals surface area contributed by atoms with Gasteiger partial charge in [0.15, 0.2) is 0 Å².